The lowest BCUT2D eigenvalue weighted by molar-refractivity contribution is -0.143. The molecule has 0 saturated carbocycles. The molecular formula is C23H21FN4O. The number of nitriles is 1. The topological polar surface area (TPSA) is 61.9 Å². The number of benzene rings is 2. The van der Waals surface area contributed by atoms with Crippen molar-refractivity contribution in [1.29, 1.82) is 5.26 Å². The van der Waals surface area contributed by atoms with Crippen molar-refractivity contribution in [2.24, 2.45) is 0 Å². The Morgan fingerprint density at radius 3 is 2.55 bits per heavy atom. The van der Waals surface area contributed by atoms with E-state index in [1.807, 2.05) is 23.6 Å². The molecule has 2 heterocycles. The van der Waals surface area contributed by atoms with E-state index in [9.17, 15) is 9.18 Å². The van der Waals surface area contributed by atoms with Gasteiger partial charge in [0.2, 0.25) is 0 Å². The number of imidazole rings is 1. The minimum atomic E-state index is -0.910. The maximum Gasteiger partial charge on any atom is 0.254 e. The lowest BCUT2D eigenvalue weighted by Crippen LogP contribution is -2.55. The molecule has 0 fully saturated rings. The zero-order chi connectivity index (χ0) is 20.4. The first kappa shape index (κ1) is 18.9. The van der Waals surface area contributed by atoms with E-state index in [4.69, 9.17) is 5.26 Å². The molecule has 146 valence electrons. The number of carbonyl (C=O) groups excluding carboxylic acids is 1. The molecule has 3 aromatic rings. The van der Waals surface area contributed by atoms with E-state index in [0.29, 0.717) is 25.1 Å². The van der Waals surface area contributed by atoms with Gasteiger partial charge in [0.1, 0.15) is 11.4 Å². The second-order valence-electron chi connectivity index (χ2n) is 7.34. The normalized spacial score (nSPS) is 18.4. The Kier molecular flexibility index (Phi) is 4.89. The van der Waals surface area contributed by atoms with Gasteiger partial charge in [-0.15, -0.1) is 0 Å². The Balaban J connectivity index is 1.81. The molecule has 0 bridgehead atoms. The second kappa shape index (κ2) is 7.51. The van der Waals surface area contributed by atoms with Gasteiger partial charge in [0.15, 0.2) is 0 Å². The molecule has 4 rings (SSSR count). The fourth-order valence-electron chi connectivity index (χ4n) is 4.17. The lowest BCUT2D eigenvalue weighted by atomic mass is 9.81. The highest BCUT2D eigenvalue weighted by Gasteiger charge is 2.47. The number of aromatic nitrogens is 2. The van der Waals surface area contributed by atoms with Crippen LogP contribution < -0.4 is 0 Å². The van der Waals surface area contributed by atoms with Crippen LogP contribution in [0.2, 0.25) is 0 Å². The van der Waals surface area contributed by atoms with Crippen LogP contribution in [0.25, 0.3) is 0 Å². The minimum absolute atomic E-state index is 0.0149. The van der Waals surface area contributed by atoms with Gasteiger partial charge in [0, 0.05) is 12.7 Å². The summed E-state index contributed by atoms with van der Waals surface area (Å²) in [6.07, 6.45) is 4.92. The monoisotopic (exact) mass is 388 g/mol. The van der Waals surface area contributed by atoms with Crippen molar-refractivity contribution < 1.29 is 9.18 Å². The van der Waals surface area contributed by atoms with Gasteiger partial charge in [-0.3, -0.25) is 4.79 Å². The average Bonchev–Trinajstić information content (AvgIpc) is 3.21. The molecule has 1 aliphatic rings. The van der Waals surface area contributed by atoms with Crippen molar-refractivity contribution in [3.05, 3.63) is 89.3 Å². The Morgan fingerprint density at radius 2 is 1.90 bits per heavy atom. The number of rotatable bonds is 5. The summed E-state index contributed by atoms with van der Waals surface area (Å²) in [5.74, 6) is -0.311. The summed E-state index contributed by atoms with van der Waals surface area (Å²) in [5.41, 5.74) is 2.30. The summed E-state index contributed by atoms with van der Waals surface area (Å²) in [6.45, 7) is 2.89. The van der Waals surface area contributed by atoms with Gasteiger partial charge in [-0.1, -0.05) is 37.6 Å². The Hall–Kier alpha value is -3.46. The maximum atomic E-state index is 13.9. The summed E-state index contributed by atoms with van der Waals surface area (Å²) < 4.78 is 15.3. The molecule has 29 heavy (non-hydrogen) atoms. The molecule has 1 atom stereocenters. The van der Waals surface area contributed by atoms with Crippen LogP contribution in [-0.2, 0) is 23.4 Å². The third-order valence-electron chi connectivity index (χ3n) is 5.51. The SMILES string of the molecule is CCC[C@]1(c2ccc(C#N)cc2)C(=O)N(Cc2ccc(F)cc2)Cc2cncn21. The molecule has 1 aromatic heterocycles. The fourth-order valence-corrected chi connectivity index (χ4v) is 4.17. The van der Waals surface area contributed by atoms with Gasteiger partial charge in [0.05, 0.1) is 30.2 Å². The number of hydrogen-bond acceptors (Lipinski definition) is 3. The van der Waals surface area contributed by atoms with Crippen LogP contribution in [0.15, 0.2) is 61.1 Å². The van der Waals surface area contributed by atoms with Crippen molar-refractivity contribution in [1.82, 2.24) is 14.5 Å². The average molecular weight is 388 g/mol. The highest BCUT2D eigenvalue weighted by Crippen LogP contribution is 2.39. The van der Waals surface area contributed by atoms with Crippen molar-refractivity contribution in [3.8, 4) is 6.07 Å². The van der Waals surface area contributed by atoms with E-state index in [-0.39, 0.29) is 11.7 Å². The third-order valence-corrected chi connectivity index (χ3v) is 5.51. The van der Waals surface area contributed by atoms with Crippen LogP contribution in [-0.4, -0.2) is 20.4 Å². The van der Waals surface area contributed by atoms with Crippen LogP contribution in [0.3, 0.4) is 0 Å². The van der Waals surface area contributed by atoms with Crippen LogP contribution in [0.1, 0.15) is 42.1 Å². The first-order chi connectivity index (χ1) is 14.1. The first-order valence-corrected chi connectivity index (χ1v) is 9.64. The molecule has 0 aliphatic carbocycles. The first-order valence-electron chi connectivity index (χ1n) is 9.64. The lowest BCUT2D eigenvalue weighted by Gasteiger charge is -2.43. The molecule has 0 saturated heterocycles. The maximum absolute atomic E-state index is 13.9. The highest BCUT2D eigenvalue weighted by molar-refractivity contribution is 5.89. The van der Waals surface area contributed by atoms with Gasteiger partial charge in [-0.2, -0.15) is 5.26 Å². The molecule has 0 radical (unpaired) electrons. The van der Waals surface area contributed by atoms with Crippen molar-refractivity contribution >= 4 is 5.91 Å². The molecule has 0 unspecified atom stereocenters. The van der Waals surface area contributed by atoms with Crippen LogP contribution in [0.5, 0.6) is 0 Å². The number of carbonyl (C=O) groups is 1. The number of nitrogens with zero attached hydrogens (tertiary/aromatic N) is 4. The van der Waals surface area contributed by atoms with Crippen LogP contribution in [0.4, 0.5) is 4.39 Å². The molecule has 0 N–H and O–H groups in total. The summed E-state index contributed by atoms with van der Waals surface area (Å²) in [5, 5.41) is 9.14. The van der Waals surface area contributed by atoms with E-state index in [1.165, 1.54) is 12.1 Å². The van der Waals surface area contributed by atoms with Crippen molar-refractivity contribution in [2.75, 3.05) is 0 Å². The second-order valence-corrected chi connectivity index (χ2v) is 7.34. The van der Waals surface area contributed by atoms with E-state index in [2.05, 4.69) is 11.1 Å². The zero-order valence-corrected chi connectivity index (χ0v) is 16.2. The largest absolute Gasteiger partial charge is 0.330 e. The van der Waals surface area contributed by atoms with Gasteiger partial charge in [-0.05, 0) is 41.8 Å². The molecule has 1 amide bonds. The van der Waals surface area contributed by atoms with Crippen LogP contribution >= 0.6 is 0 Å². The van der Waals surface area contributed by atoms with Gasteiger partial charge in [-0.25, -0.2) is 9.37 Å². The van der Waals surface area contributed by atoms with E-state index in [1.54, 1.807) is 41.7 Å². The van der Waals surface area contributed by atoms with E-state index in [0.717, 1.165) is 23.2 Å². The number of fused-ring (bicyclic) bond motifs is 1. The Morgan fingerprint density at radius 1 is 1.17 bits per heavy atom. The van der Waals surface area contributed by atoms with Crippen molar-refractivity contribution in [2.45, 2.75) is 38.4 Å². The predicted molar refractivity (Wildman–Crippen MR) is 106 cm³/mol. The summed E-state index contributed by atoms with van der Waals surface area (Å²) in [4.78, 5) is 20.0. The molecule has 2 aromatic carbocycles. The molecule has 1 aliphatic heterocycles. The third kappa shape index (κ3) is 3.19. The molecule has 5 nitrogen and oxygen atoms in total. The Labute approximate surface area is 169 Å². The van der Waals surface area contributed by atoms with E-state index >= 15 is 0 Å². The number of amides is 1. The summed E-state index contributed by atoms with van der Waals surface area (Å²) >= 11 is 0. The summed E-state index contributed by atoms with van der Waals surface area (Å²) in [6, 6.07) is 15.6. The fraction of sp³-hybridized carbons (Fsp3) is 0.261. The quantitative estimate of drug-likeness (QED) is 0.664. The van der Waals surface area contributed by atoms with Crippen molar-refractivity contribution in [3.63, 3.8) is 0 Å². The van der Waals surface area contributed by atoms with Crippen LogP contribution in [0, 0.1) is 17.1 Å². The van der Waals surface area contributed by atoms with Gasteiger partial charge < -0.3 is 9.47 Å². The Bertz CT molecular complexity index is 1070. The highest BCUT2D eigenvalue weighted by atomic mass is 19.1. The van der Waals surface area contributed by atoms with E-state index < -0.39 is 5.54 Å². The molecular weight excluding hydrogens is 367 g/mol. The standard InChI is InChI=1S/C23H21FN4O/c1-2-11-23(19-7-3-17(12-25)4-8-19)22(29)27(15-21-13-26-16-28(21)23)14-18-5-9-20(24)10-6-18/h3-10,13,16H,2,11,14-15H2,1H3/t23-/m0/s1. The molecule has 0 spiro atoms. The zero-order valence-electron chi connectivity index (χ0n) is 16.2. The number of hydrogen-bond donors (Lipinski definition) is 0. The minimum Gasteiger partial charge on any atom is -0.330 e. The predicted octanol–water partition coefficient (Wildman–Crippen LogP) is 3.98. The van der Waals surface area contributed by atoms with Gasteiger partial charge in [0.25, 0.3) is 5.91 Å². The molecule has 6 heteroatoms. The summed E-state index contributed by atoms with van der Waals surface area (Å²) in [7, 11) is 0. The number of halogens is 1. The van der Waals surface area contributed by atoms with Gasteiger partial charge >= 0.3 is 0 Å². The smallest absolute Gasteiger partial charge is 0.254 e.